The molecular formula is C8H10BrNO. The summed E-state index contributed by atoms with van der Waals surface area (Å²) in [6.45, 7) is 2.69. The van der Waals surface area contributed by atoms with Gasteiger partial charge >= 0.3 is 0 Å². The molecule has 0 bridgehead atoms. The highest BCUT2D eigenvalue weighted by atomic mass is 79.9. The van der Waals surface area contributed by atoms with Gasteiger partial charge in [-0.2, -0.15) is 0 Å². The number of ether oxygens (including phenoxy) is 1. The Morgan fingerprint density at radius 3 is 3.09 bits per heavy atom. The SMILES string of the molecule is Cc1ccncc1OCCBr. The standard InChI is InChI=1S/C8H10BrNO/c1-7-2-4-10-6-8(7)11-5-3-9/h2,4,6H,3,5H2,1H3. The van der Waals surface area contributed by atoms with Crippen molar-refractivity contribution in [3.05, 3.63) is 24.0 Å². The van der Waals surface area contributed by atoms with Crippen LogP contribution in [-0.4, -0.2) is 16.9 Å². The highest BCUT2D eigenvalue weighted by Gasteiger charge is 1.95. The predicted molar refractivity (Wildman–Crippen MR) is 48.3 cm³/mol. The fourth-order valence-corrected chi connectivity index (χ4v) is 0.911. The van der Waals surface area contributed by atoms with E-state index in [4.69, 9.17) is 4.74 Å². The molecule has 11 heavy (non-hydrogen) atoms. The van der Waals surface area contributed by atoms with Crippen LogP contribution in [0.1, 0.15) is 5.56 Å². The van der Waals surface area contributed by atoms with Gasteiger partial charge in [-0.1, -0.05) is 15.9 Å². The van der Waals surface area contributed by atoms with Gasteiger partial charge in [0.05, 0.1) is 12.8 Å². The molecule has 0 saturated heterocycles. The monoisotopic (exact) mass is 215 g/mol. The van der Waals surface area contributed by atoms with Crippen molar-refractivity contribution in [2.24, 2.45) is 0 Å². The van der Waals surface area contributed by atoms with Crippen LogP contribution in [0.25, 0.3) is 0 Å². The molecule has 1 aromatic heterocycles. The fourth-order valence-electron chi connectivity index (χ4n) is 0.749. The molecule has 0 saturated carbocycles. The van der Waals surface area contributed by atoms with Crippen LogP contribution in [0.2, 0.25) is 0 Å². The molecule has 0 aliphatic rings. The van der Waals surface area contributed by atoms with Gasteiger partial charge in [-0.3, -0.25) is 4.98 Å². The Morgan fingerprint density at radius 1 is 1.64 bits per heavy atom. The molecule has 3 heteroatoms. The number of rotatable bonds is 3. The van der Waals surface area contributed by atoms with Crippen molar-refractivity contribution in [1.29, 1.82) is 0 Å². The Balaban J connectivity index is 2.62. The number of alkyl halides is 1. The number of nitrogens with zero attached hydrogens (tertiary/aromatic N) is 1. The first-order chi connectivity index (χ1) is 5.34. The van der Waals surface area contributed by atoms with Crippen LogP contribution < -0.4 is 4.74 Å². The fraction of sp³-hybridized carbons (Fsp3) is 0.375. The molecule has 0 aliphatic heterocycles. The zero-order valence-electron chi connectivity index (χ0n) is 6.38. The quantitative estimate of drug-likeness (QED) is 0.722. The normalized spacial score (nSPS) is 9.64. The van der Waals surface area contributed by atoms with E-state index in [1.54, 1.807) is 12.4 Å². The number of hydrogen-bond donors (Lipinski definition) is 0. The van der Waals surface area contributed by atoms with Gasteiger partial charge in [-0.15, -0.1) is 0 Å². The smallest absolute Gasteiger partial charge is 0.140 e. The van der Waals surface area contributed by atoms with Crippen molar-refractivity contribution < 1.29 is 4.74 Å². The molecule has 0 amide bonds. The molecule has 0 N–H and O–H groups in total. The Hall–Kier alpha value is -0.570. The minimum atomic E-state index is 0.687. The Kier molecular flexibility index (Phi) is 3.36. The van der Waals surface area contributed by atoms with Crippen LogP contribution in [0.3, 0.4) is 0 Å². The second-order valence-corrected chi connectivity index (χ2v) is 2.97. The van der Waals surface area contributed by atoms with Gasteiger partial charge in [0.1, 0.15) is 5.75 Å². The van der Waals surface area contributed by atoms with Gasteiger partial charge in [0.25, 0.3) is 0 Å². The van der Waals surface area contributed by atoms with E-state index in [-0.39, 0.29) is 0 Å². The van der Waals surface area contributed by atoms with Gasteiger partial charge in [0.2, 0.25) is 0 Å². The largest absolute Gasteiger partial charge is 0.491 e. The van der Waals surface area contributed by atoms with E-state index in [0.717, 1.165) is 16.6 Å². The molecule has 1 heterocycles. The third-order valence-electron chi connectivity index (χ3n) is 1.33. The lowest BCUT2D eigenvalue weighted by atomic mass is 10.3. The molecular weight excluding hydrogens is 206 g/mol. The van der Waals surface area contributed by atoms with Gasteiger partial charge in [0, 0.05) is 11.5 Å². The zero-order valence-corrected chi connectivity index (χ0v) is 7.97. The van der Waals surface area contributed by atoms with Crippen molar-refractivity contribution in [2.75, 3.05) is 11.9 Å². The maximum Gasteiger partial charge on any atom is 0.140 e. The summed E-state index contributed by atoms with van der Waals surface area (Å²) < 4.78 is 5.38. The van der Waals surface area contributed by atoms with Crippen molar-refractivity contribution in [1.82, 2.24) is 4.98 Å². The van der Waals surface area contributed by atoms with Crippen molar-refractivity contribution in [3.8, 4) is 5.75 Å². The Labute approximate surface area is 74.7 Å². The lowest BCUT2D eigenvalue weighted by molar-refractivity contribution is 0.341. The summed E-state index contributed by atoms with van der Waals surface area (Å²) in [5, 5.41) is 0.849. The molecule has 1 aromatic rings. The summed E-state index contributed by atoms with van der Waals surface area (Å²) in [6, 6.07) is 1.93. The number of hydrogen-bond acceptors (Lipinski definition) is 2. The van der Waals surface area contributed by atoms with Gasteiger partial charge < -0.3 is 4.74 Å². The third-order valence-corrected chi connectivity index (χ3v) is 1.65. The number of pyridine rings is 1. The van der Waals surface area contributed by atoms with Crippen LogP contribution in [-0.2, 0) is 0 Å². The van der Waals surface area contributed by atoms with Gasteiger partial charge in [-0.05, 0) is 18.6 Å². The van der Waals surface area contributed by atoms with E-state index in [1.165, 1.54) is 0 Å². The molecule has 60 valence electrons. The summed E-state index contributed by atoms with van der Waals surface area (Å²) >= 11 is 3.29. The summed E-state index contributed by atoms with van der Waals surface area (Å²) in [7, 11) is 0. The molecule has 0 unspecified atom stereocenters. The van der Waals surface area contributed by atoms with Crippen LogP contribution in [0.5, 0.6) is 5.75 Å². The Morgan fingerprint density at radius 2 is 2.45 bits per heavy atom. The van der Waals surface area contributed by atoms with E-state index >= 15 is 0 Å². The predicted octanol–water partition coefficient (Wildman–Crippen LogP) is 2.16. The van der Waals surface area contributed by atoms with Crippen molar-refractivity contribution in [3.63, 3.8) is 0 Å². The van der Waals surface area contributed by atoms with Crippen molar-refractivity contribution >= 4 is 15.9 Å². The molecule has 0 aromatic carbocycles. The summed E-state index contributed by atoms with van der Waals surface area (Å²) in [5.41, 5.74) is 1.13. The number of aryl methyl sites for hydroxylation is 1. The van der Waals surface area contributed by atoms with E-state index < -0.39 is 0 Å². The number of halogens is 1. The van der Waals surface area contributed by atoms with E-state index in [9.17, 15) is 0 Å². The second-order valence-electron chi connectivity index (χ2n) is 2.18. The molecule has 2 nitrogen and oxygen atoms in total. The average molecular weight is 216 g/mol. The summed E-state index contributed by atoms with van der Waals surface area (Å²) in [4.78, 5) is 3.96. The average Bonchev–Trinajstić information content (AvgIpc) is 2.03. The lowest BCUT2D eigenvalue weighted by Gasteiger charge is -2.05. The minimum absolute atomic E-state index is 0.687. The zero-order chi connectivity index (χ0) is 8.10. The maximum atomic E-state index is 5.38. The first-order valence-electron chi connectivity index (χ1n) is 3.44. The first-order valence-corrected chi connectivity index (χ1v) is 4.56. The molecule has 0 radical (unpaired) electrons. The van der Waals surface area contributed by atoms with E-state index in [1.807, 2.05) is 13.0 Å². The van der Waals surface area contributed by atoms with Crippen LogP contribution >= 0.6 is 15.9 Å². The number of aromatic nitrogens is 1. The third kappa shape index (κ3) is 2.50. The van der Waals surface area contributed by atoms with Crippen LogP contribution in [0, 0.1) is 6.92 Å². The molecule has 1 rings (SSSR count). The Bertz CT molecular complexity index is 227. The summed E-state index contributed by atoms with van der Waals surface area (Å²) in [6.07, 6.45) is 3.49. The second kappa shape index (κ2) is 4.34. The summed E-state index contributed by atoms with van der Waals surface area (Å²) in [5.74, 6) is 0.868. The topological polar surface area (TPSA) is 22.1 Å². The molecule has 0 atom stereocenters. The van der Waals surface area contributed by atoms with Gasteiger partial charge in [0.15, 0.2) is 0 Å². The molecule has 0 aliphatic carbocycles. The van der Waals surface area contributed by atoms with E-state index in [0.29, 0.717) is 6.61 Å². The molecule has 0 spiro atoms. The lowest BCUT2D eigenvalue weighted by Crippen LogP contribution is -1.99. The van der Waals surface area contributed by atoms with Gasteiger partial charge in [-0.25, -0.2) is 0 Å². The highest BCUT2D eigenvalue weighted by Crippen LogP contribution is 2.13. The van der Waals surface area contributed by atoms with Crippen LogP contribution in [0.15, 0.2) is 18.5 Å². The minimum Gasteiger partial charge on any atom is -0.491 e. The first kappa shape index (κ1) is 8.53. The maximum absolute atomic E-state index is 5.38. The van der Waals surface area contributed by atoms with E-state index in [2.05, 4.69) is 20.9 Å². The molecule has 0 fully saturated rings. The van der Waals surface area contributed by atoms with Crippen LogP contribution in [0.4, 0.5) is 0 Å². The van der Waals surface area contributed by atoms with Crippen molar-refractivity contribution in [2.45, 2.75) is 6.92 Å². The highest BCUT2D eigenvalue weighted by molar-refractivity contribution is 9.09.